The minimum Gasteiger partial charge on any atom is -0.338 e. The molecule has 6 heteroatoms. The fraction of sp³-hybridized carbons (Fsp3) is 0.160. The van der Waals surface area contributed by atoms with Gasteiger partial charge in [0, 0.05) is 24.3 Å². The van der Waals surface area contributed by atoms with Crippen LogP contribution in [0.1, 0.15) is 39.6 Å². The number of nitrogens with one attached hydrogen (secondary N) is 2. The number of hydrogen-bond acceptors (Lipinski definition) is 3. The second kappa shape index (κ2) is 7.72. The molecule has 0 aliphatic carbocycles. The van der Waals surface area contributed by atoms with Crippen LogP contribution in [0.2, 0.25) is 0 Å². The van der Waals surface area contributed by atoms with Gasteiger partial charge in [-0.25, -0.2) is 4.98 Å². The Balaban J connectivity index is 1.42. The number of hydrogen-bond donors (Lipinski definition) is 2. The molecule has 5 rings (SSSR count). The fourth-order valence-corrected chi connectivity index (χ4v) is 4.09. The van der Waals surface area contributed by atoms with Gasteiger partial charge in [-0.1, -0.05) is 43.3 Å². The van der Waals surface area contributed by atoms with E-state index >= 15 is 0 Å². The number of H-pyrrole nitrogens is 1. The average Bonchev–Trinajstić information content (AvgIpc) is 3.36. The van der Waals surface area contributed by atoms with Crippen molar-refractivity contribution in [3.63, 3.8) is 0 Å². The van der Waals surface area contributed by atoms with Crippen LogP contribution in [-0.2, 0) is 6.54 Å². The van der Waals surface area contributed by atoms with Crippen molar-refractivity contribution in [2.75, 3.05) is 11.9 Å². The Hall–Kier alpha value is -3.93. The lowest BCUT2D eigenvalue weighted by atomic mass is 10.0. The Morgan fingerprint density at radius 1 is 1.10 bits per heavy atom. The number of fused-ring (bicyclic) bond motifs is 2. The number of rotatable bonds is 5. The quantitative estimate of drug-likeness (QED) is 0.494. The summed E-state index contributed by atoms with van der Waals surface area (Å²) in [4.78, 5) is 35.6. The van der Waals surface area contributed by atoms with Crippen LogP contribution in [0.5, 0.6) is 0 Å². The molecule has 6 nitrogen and oxygen atoms in total. The summed E-state index contributed by atoms with van der Waals surface area (Å²) in [6.45, 7) is 3.29. The molecule has 0 radical (unpaired) electrons. The van der Waals surface area contributed by atoms with E-state index < -0.39 is 0 Å². The zero-order chi connectivity index (χ0) is 21.4. The van der Waals surface area contributed by atoms with E-state index in [1.165, 1.54) is 0 Å². The van der Waals surface area contributed by atoms with Gasteiger partial charge in [0.15, 0.2) is 0 Å². The molecule has 3 aromatic carbocycles. The Bertz CT molecular complexity index is 1270. The van der Waals surface area contributed by atoms with E-state index in [9.17, 15) is 9.59 Å². The van der Waals surface area contributed by atoms with E-state index in [0.29, 0.717) is 29.9 Å². The summed E-state index contributed by atoms with van der Waals surface area (Å²) in [7, 11) is 0. The van der Waals surface area contributed by atoms with Crippen LogP contribution in [-0.4, -0.2) is 33.2 Å². The van der Waals surface area contributed by atoms with Gasteiger partial charge < -0.3 is 15.2 Å². The van der Waals surface area contributed by atoms with E-state index in [1.807, 2.05) is 67.6 Å². The highest BCUT2D eigenvalue weighted by molar-refractivity contribution is 6.13. The maximum Gasteiger partial charge on any atom is 0.256 e. The topological polar surface area (TPSA) is 78.1 Å². The number of aromatic amines is 1. The number of carbonyl (C=O) groups excluding carboxylic acids is 2. The lowest BCUT2D eigenvalue weighted by Gasteiger charge is -2.14. The van der Waals surface area contributed by atoms with Crippen LogP contribution in [0.3, 0.4) is 0 Å². The molecule has 0 bridgehead atoms. The molecule has 2 amide bonds. The smallest absolute Gasteiger partial charge is 0.256 e. The van der Waals surface area contributed by atoms with Gasteiger partial charge in [-0.2, -0.15) is 0 Å². The number of carbonyl (C=O) groups is 2. The van der Waals surface area contributed by atoms with E-state index in [2.05, 4.69) is 15.3 Å². The lowest BCUT2D eigenvalue weighted by Crippen LogP contribution is -2.26. The van der Waals surface area contributed by atoms with Gasteiger partial charge in [0.05, 0.1) is 22.2 Å². The number of nitrogens with zero attached hydrogens (tertiary/aromatic N) is 2. The SMILES string of the molecule is CCCN1Cc2cccc(C(=O)Nc3cccc(-c4nc5ccccc5[nH]4)c3)c2C1=O. The Kier molecular flexibility index (Phi) is 4.75. The Morgan fingerprint density at radius 3 is 2.77 bits per heavy atom. The van der Waals surface area contributed by atoms with Crippen molar-refractivity contribution in [2.24, 2.45) is 0 Å². The van der Waals surface area contributed by atoms with E-state index in [1.54, 1.807) is 11.0 Å². The van der Waals surface area contributed by atoms with Crippen molar-refractivity contribution in [2.45, 2.75) is 19.9 Å². The van der Waals surface area contributed by atoms with Crippen molar-refractivity contribution in [3.05, 3.63) is 83.4 Å². The summed E-state index contributed by atoms with van der Waals surface area (Å²) in [5, 5.41) is 2.95. The van der Waals surface area contributed by atoms with Gasteiger partial charge in [-0.3, -0.25) is 9.59 Å². The van der Waals surface area contributed by atoms with Crippen LogP contribution in [0.15, 0.2) is 66.7 Å². The first-order valence-electron chi connectivity index (χ1n) is 10.4. The van der Waals surface area contributed by atoms with Crippen molar-refractivity contribution in [1.29, 1.82) is 0 Å². The highest BCUT2D eigenvalue weighted by Gasteiger charge is 2.31. The van der Waals surface area contributed by atoms with Crippen molar-refractivity contribution in [1.82, 2.24) is 14.9 Å². The Labute approximate surface area is 179 Å². The number of aromatic nitrogens is 2. The summed E-state index contributed by atoms with van der Waals surface area (Å²) in [5.74, 6) is 0.382. The minimum absolute atomic E-state index is 0.0707. The molecule has 1 aromatic heterocycles. The summed E-state index contributed by atoms with van der Waals surface area (Å²) < 4.78 is 0. The monoisotopic (exact) mass is 410 g/mol. The first kappa shape index (κ1) is 19.1. The zero-order valence-corrected chi connectivity index (χ0v) is 17.2. The average molecular weight is 410 g/mol. The third kappa shape index (κ3) is 3.46. The van der Waals surface area contributed by atoms with Crippen LogP contribution >= 0.6 is 0 Å². The molecule has 2 heterocycles. The lowest BCUT2D eigenvalue weighted by molar-refractivity contribution is 0.0774. The van der Waals surface area contributed by atoms with E-state index in [0.717, 1.165) is 34.4 Å². The van der Waals surface area contributed by atoms with Crippen LogP contribution in [0.4, 0.5) is 5.69 Å². The molecule has 4 aromatic rings. The zero-order valence-electron chi connectivity index (χ0n) is 17.2. The number of anilines is 1. The molecule has 0 fully saturated rings. The van der Waals surface area contributed by atoms with Crippen molar-refractivity contribution < 1.29 is 9.59 Å². The largest absolute Gasteiger partial charge is 0.338 e. The third-order valence-electron chi connectivity index (χ3n) is 5.53. The highest BCUT2D eigenvalue weighted by Crippen LogP contribution is 2.28. The predicted molar refractivity (Wildman–Crippen MR) is 121 cm³/mol. The van der Waals surface area contributed by atoms with Gasteiger partial charge in [-0.05, 0) is 42.3 Å². The van der Waals surface area contributed by atoms with Gasteiger partial charge in [0.25, 0.3) is 11.8 Å². The molecular weight excluding hydrogens is 388 g/mol. The summed E-state index contributed by atoms with van der Waals surface area (Å²) in [6.07, 6.45) is 0.885. The first-order chi connectivity index (χ1) is 15.1. The number of imidazole rings is 1. The third-order valence-corrected chi connectivity index (χ3v) is 5.53. The van der Waals surface area contributed by atoms with Crippen LogP contribution in [0, 0.1) is 0 Å². The second-order valence-corrected chi connectivity index (χ2v) is 7.70. The van der Waals surface area contributed by atoms with Crippen LogP contribution in [0.25, 0.3) is 22.4 Å². The fourth-order valence-electron chi connectivity index (χ4n) is 4.09. The van der Waals surface area contributed by atoms with Gasteiger partial charge in [-0.15, -0.1) is 0 Å². The number of para-hydroxylation sites is 2. The maximum atomic E-state index is 13.1. The molecule has 0 saturated carbocycles. The van der Waals surface area contributed by atoms with Crippen molar-refractivity contribution in [3.8, 4) is 11.4 Å². The molecule has 0 saturated heterocycles. The normalized spacial score (nSPS) is 12.9. The number of benzene rings is 3. The molecule has 0 unspecified atom stereocenters. The van der Waals surface area contributed by atoms with Gasteiger partial charge >= 0.3 is 0 Å². The summed E-state index contributed by atoms with van der Waals surface area (Å²) in [6, 6.07) is 20.8. The molecule has 1 aliphatic heterocycles. The summed E-state index contributed by atoms with van der Waals surface area (Å²) >= 11 is 0. The van der Waals surface area contributed by atoms with Crippen LogP contribution < -0.4 is 5.32 Å². The second-order valence-electron chi connectivity index (χ2n) is 7.70. The molecule has 0 spiro atoms. The van der Waals surface area contributed by atoms with Gasteiger partial charge in [0.2, 0.25) is 0 Å². The van der Waals surface area contributed by atoms with Crippen molar-refractivity contribution >= 4 is 28.5 Å². The van der Waals surface area contributed by atoms with E-state index in [-0.39, 0.29) is 11.8 Å². The molecule has 0 atom stereocenters. The van der Waals surface area contributed by atoms with Gasteiger partial charge in [0.1, 0.15) is 5.82 Å². The first-order valence-corrected chi connectivity index (χ1v) is 10.4. The molecule has 31 heavy (non-hydrogen) atoms. The molecular formula is C25H22N4O2. The predicted octanol–water partition coefficient (Wildman–Crippen LogP) is 4.85. The van der Waals surface area contributed by atoms with E-state index in [4.69, 9.17) is 0 Å². The molecule has 2 N–H and O–H groups in total. The standard InChI is InChI=1S/C25H22N4O2/c1-2-13-29-15-17-8-6-10-19(22(17)25(29)31)24(30)26-18-9-5-7-16(14-18)23-27-20-11-3-4-12-21(20)28-23/h3-12,14H,2,13,15H2,1H3,(H,26,30)(H,27,28). The molecule has 1 aliphatic rings. The minimum atomic E-state index is -0.287. The molecule has 154 valence electrons. The highest BCUT2D eigenvalue weighted by atomic mass is 16.2. The summed E-state index contributed by atoms with van der Waals surface area (Å²) in [5.41, 5.74) is 5.21. The number of amides is 2. The maximum absolute atomic E-state index is 13.1. The Morgan fingerprint density at radius 2 is 1.94 bits per heavy atom.